The number of carbonyl (C=O) groups is 1. The van der Waals surface area contributed by atoms with Crippen molar-refractivity contribution in [2.24, 2.45) is 0 Å². The monoisotopic (exact) mass is 342 g/mol. The van der Waals surface area contributed by atoms with Crippen LogP contribution >= 0.6 is 11.3 Å². The van der Waals surface area contributed by atoms with Crippen LogP contribution in [-0.4, -0.2) is 22.1 Å². The largest absolute Gasteiger partial charge is 0.454 e. The van der Waals surface area contributed by atoms with E-state index in [1.54, 1.807) is 18.2 Å². The molecule has 3 aromatic rings. The second-order valence-corrected chi connectivity index (χ2v) is 6.84. The number of ether oxygens (including phenoxy) is 2. The second kappa shape index (κ2) is 5.45. The van der Waals surface area contributed by atoms with E-state index in [4.69, 9.17) is 9.47 Å². The summed E-state index contributed by atoms with van der Waals surface area (Å²) in [5.74, 6) is 0.989. The van der Waals surface area contributed by atoms with Gasteiger partial charge in [0, 0.05) is 10.4 Å². The van der Waals surface area contributed by atoms with Gasteiger partial charge in [-0.3, -0.25) is 14.2 Å². The molecule has 3 heterocycles. The third-order valence-corrected chi connectivity index (χ3v) is 5.28. The second-order valence-electron chi connectivity index (χ2n) is 5.63. The molecular weight excluding hydrogens is 328 g/mol. The molecule has 1 aliphatic heterocycles. The van der Waals surface area contributed by atoms with Crippen LogP contribution in [0, 0.1) is 13.8 Å². The van der Waals surface area contributed by atoms with E-state index in [1.165, 1.54) is 22.2 Å². The maximum Gasteiger partial charge on any atom is 0.262 e. The van der Waals surface area contributed by atoms with Crippen LogP contribution in [0.5, 0.6) is 11.5 Å². The van der Waals surface area contributed by atoms with E-state index in [0.29, 0.717) is 27.3 Å². The normalized spacial score (nSPS) is 12.8. The highest BCUT2D eigenvalue weighted by Gasteiger charge is 2.18. The summed E-state index contributed by atoms with van der Waals surface area (Å²) >= 11 is 1.49. The highest BCUT2D eigenvalue weighted by Crippen LogP contribution is 2.32. The number of thiophene rings is 1. The molecule has 0 unspecified atom stereocenters. The predicted octanol–water partition coefficient (Wildman–Crippen LogP) is 2.69. The van der Waals surface area contributed by atoms with Crippen molar-refractivity contribution in [2.75, 3.05) is 6.79 Å². The van der Waals surface area contributed by atoms with Gasteiger partial charge >= 0.3 is 0 Å². The standard InChI is InChI=1S/C17H14N2O4S/c1-9-10(2)24-16-15(9)17(21)19(7-18-16)6-12(20)11-3-4-13-14(5-11)23-8-22-13/h3-5,7H,6,8H2,1-2H3. The Morgan fingerprint density at radius 1 is 1.29 bits per heavy atom. The average molecular weight is 342 g/mol. The van der Waals surface area contributed by atoms with E-state index in [1.807, 2.05) is 13.8 Å². The summed E-state index contributed by atoms with van der Waals surface area (Å²) in [6.45, 7) is 3.96. The molecule has 7 heteroatoms. The van der Waals surface area contributed by atoms with Crippen molar-refractivity contribution >= 4 is 27.3 Å². The number of hydrogen-bond acceptors (Lipinski definition) is 6. The number of rotatable bonds is 3. The first-order chi connectivity index (χ1) is 11.5. The van der Waals surface area contributed by atoms with Crippen LogP contribution in [0.25, 0.3) is 10.2 Å². The van der Waals surface area contributed by atoms with Gasteiger partial charge in [0.1, 0.15) is 4.83 Å². The number of nitrogens with zero attached hydrogens (tertiary/aromatic N) is 2. The summed E-state index contributed by atoms with van der Waals surface area (Å²) in [5.41, 5.74) is 1.22. The first-order valence-electron chi connectivity index (χ1n) is 7.42. The molecule has 0 N–H and O–H groups in total. The van der Waals surface area contributed by atoms with E-state index < -0.39 is 0 Å². The Bertz CT molecular complexity index is 1030. The van der Waals surface area contributed by atoms with E-state index in [0.717, 1.165) is 10.4 Å². The molecule has 0 amide bonds. The molecule has 0 aliphatic carbocycles. The summed E-state index contributed by atoms with van der Waals surface area (Å²) in [6.07, 6.45) is 1.44. The molecule has 4 rings (SSSR count). The van der Waals surface area contributed by atoms with Gasteiger partial charge in [0.05, 0.1) is 18.3 Å². The minimum atomic E-state index is -0.184. The van der Waals surface area contributed by atoms with E-state index in [9.17, 15) is 9.59 Å². The summed E-state index contributed by atoms with van der Waals surface area (Å²) in [6, 6.07) is 5.01. The Morgan fingerprint density at radius 3 is 2.92 bits per heavy atom. The molecule has 2 aromatic heterocycles. The van der Waals surface area contributed by atoms with Crippen LogP contribution in [0.3, 0.4) is 0 Å². The third-order valence-electron chi connectivity index (χ3n) is 4.16. The lowest BCUT2D eigenvalue weighted by molar-refractivity contribution is 0.0970. The van der Waals surface area contributed by atoms with Crippen LogP contribution < -0.4 is 15.0 Å². The van der Waals surface area contributed by atoms with Gasteiger partial charge in [-0.2, -0.15) is 0 Å². The summed E-state index contributed by atoms with van der Waals surface area (Å²) in [4.78, 5) is 31.2. The molecule has 1 aliphatic rings. The summed E-state index contributed by atoms with van der Waals surface area (Å²) < 4.78 is 11.9. The molecule has 0 atom stereocenters. The molecule has 0 spiro atoms. The number of aryl methyl sites for hydroxylation is 2. The van der Waals surface area contributed by atoms with Gasteiger partial charge in [0.2, 0.25) is 6.79 Å². The SMILES string of the molecule is Cc1sc2ncn(CC(=O)c3ccc4c(c3)OCO4)c(=O)c2c1C. The number of benzene rings is 1. The maximum atomic E-state index is 12.6. The molecule has 1 aromatic carbocycles. The van der Waals surface area contributed by atoms with Crippen molar-refractivity contribution in [3.63, 3.8) is 0 Å². The van der Waals surface area contributed by atoms with Crippen molar-refractivity contribution in [1.29, 1.82) is 0 Å². The van der Waals surface area contributed by atoms with Crippen LogP contribution in [0.4, 0.5) is 0 Å². The lowest BCUT2D eigenvalue weighted by atomic mass is 10.1. The molecule has 122 valence electrons. The van der Waals surface area contributed by atoms with Crippen molar-refractivity contribution in [1.82, 2.24) is 9.55 Å². The lowest BCUT2D eigenvalue weighted by Crippen LogP contribution is -2.24. The number of fused-ring (bicyclic) bond motifs is 2. The quantitative estimate of drug-likeness (QED) is 0.685. The topological polar surface area (TPSA) is 70.4 Å². The highest BCUT2D eigenvalue weighted by molar-refractivity contribution is 7.18. The maximum absolute atomic E-state index is 12.6. The minimum Gasteiger partial charge on any atom is -0.454 e. The summed E-state index contributed by atoms with van der Waals surface area (Å²) in [5, 5.41) is 0.596. The number of Topliss-reactive ketones (excluding diaryl/α,β-unsaturated/α-hetero) is 1. The van der Waals surface area contributed by atoms with Gasteiger partial charge in [-0.15, -0.1) is 11.3 Å². The van der Waals surface area contributed by atoms with Gasteiger partial charge in [0.25, 0.3) is 5.56 Å². The van der Waals surface area contributed by atoms with Crippen LogP contribution in [0.1, 0.15) is 20.8 Å². The Kier molecular flexibility index (Phi) is 3.38. The smallest absolute Gasteiger partial charge is 0.262 e. The number of hydrogen-bond donors (Lipinski definition) is 0. The van der Waals surface area contributed by atoms with Gasteiger partial charge < -0.3 is 9.47 Å². The first-order valence-corrected chi connectivity index (χ1v) is 8.24. The van der Waals surface area contributed by atoms with Gasteiger partial charge in [-0.1, -0.05) is 0 Å². The third kappa shape index (κ3) is 2.28. The predicted molar refractivity (Wildman–Crippen MR) is 90.2 cm³/mol. The number of ketones is 1. The van der Waals surface area contributed by atoms with Gasteiger partial charge in [0.15, 0.2) is 17.3 Å². The Morgan fingerprint density at radius 2 is 2.08 bits per heavy atom. The molecular formula is C17H14N2O4S. The van der Waals surface area contributed by atoms with Crippen LogP contribution in [0.15, 0.2) is 29.3 Å². The van der Waals surface area contributed by atoms with E-state index >= 15 is 0 Å². The number of aromatic nitrogens is 2. The fourth-order valence-corrected chi connectivity index (χ4v) is 3.69. The minimum absolute atomic E-state index is 0.0598. The zero-order chi connectivity index (χ0) is 16.8. The molecule has 0 radical (unpaired) electrons. The van der Waals surface area contributed by atoms with Gasteiger partial charge in [-0.25, -0.2) is 4.98 Å². The Balaban J connectivity index is 1.69. The molecule has 0 fully saturated rings. The Labute approximate surface area is 141 Å². The average Bonchev–Trinajstić information content (AvgIpc) is 3.14. The zero-order valence-corrected chi connectivity index (χ0v) is 14.0. The van der Waals surface area contributed by atoms with Crippen molar-refractivity contribution in [3.05, 3.63) is 50.9 Å². The van der Waals surface area contributed by atoms with Crippen molar-refractivity contribution in [3.8, 4) is 11.5 Å². The van der Waals surface area contributed by atoms with Crippen LogP contribution in [-0.2, 0) is 6.54 Å². The van der Waals surface area contributed by atoms with Crippen molar-refractivity contribution < 1.29 is 14.3 Å². The fraction of sp³-hybridized carbons (Fsp3) is 0.235. The van der Waals surface area contributed by atoms with Crippen LogP contribution in [0.2, 0.25) is 0 Å². The molecule has 6 nitrogen and oxygen atoms in total. The zero-order valence-electron chi connectivity index (χ0n) is 13.2. The lowest BCUT2D eigenvalue weighted by Gasteiger charge is -2.06. The number of carbonyl (C=O) groups excluding carboxylic acids is 1. The Hall–Kier alpha value is -2.67. The summed E-state index contributed by atoms with van der Waals surface area (Å²) in [7, 11) is 0. The molecule has 24 heavy (non-hydrogen) atoms. The van der Waals surface area contributed by atoms with Gasteiger partial charge in [-0.05, 0) is 37.6 Å². The van der Waals surface area contributed by atoms with E-state index in [2.05, 4.69) is 4.98 Å². The molecule has 0 saturated carbocycles. The fourth-order valence-electron chi connectivity index (χ4n) is 2.70. The van der Waals surface area contributed by atoms with Crippen molar-refractivity contribution in [2.45, 2.75) is 20.4 Å². The van der Waals surface area contributed by atoms with E-state index in [-0.39, 0.29) is 24.7 Å². The first kappa shape index (κ1) is 14.9. The highest BCUT2D eigenvalue weighted by atomic mass is 32.1. The molecule has 0 saturated heterocycles. The molecule has 0 bridgehead atoms.